The summed E-state index contributed by atoms with van der Waals surface area (Å²) in [6, 6.07) is 10.1. The van der Waals surface area contributed by atoms with Crippen LogP contribution in [0.25, 0.3) is 0 Å². The molecule has 4 heteroatoms. The predicted octanol–water partition coefficient (Wildman–Crippen LogP) is 1.41. The van der Waals surface area contributed by atoms with E-state index in [1.54, 1.807) is 7.11 Å². The maximum atomic E-state index is 12.5. The number of hydrogen-bond donors (Lipinski definition) is 1. The fraction of sp³-hybridized carbons (Fsp3) is 0.533. The van der Waals surface area contributed by atoms with Crippen LogP contribution in [-0.4, -0.2) is 43.7 Å². The molecule has 1 aliphatic heterocycles. The van der Waals surface area contributed by atoms with Crippen molar-refractivity contribution >= 4 is 5.91 Å². The molecule has 1 saturated heterocycles. The SMILES string of the molecule is COCCN(Cc1ccccc1)C(=O)[C@@H]1CCCN1. The van der Waals surface area contributed by atoms with Crippen molar-refractivity contribution in [1.82, 2.24) is 10.2 Å². The summed E-state index contributed by atoms with van der Waals surface area (Å²) in [6.07, 6.45) is 2.02. The second-order valence-electron chi connectivity index (χ2n) is 4.89. The first-order chi connectivity index (χ1) is 9.31. The molecule has 0 bridgehead atoms. The van der Waals surface area contributed by atoms with Crippen molar-refractivity contribution in [2.45, 2.75) is 25.4 Å². The largest absolute Gasteiger partial charge is 0.383 e. The van der Waals surface area contributed by atoms with Gasteiger partial charge >= 0.3 is 0 Å². The van der Waals surface area contributed by atoms with E-state index in [9.17, 15) is 4.79 Å². The van der Waals surface area contributed by atoms with Crippen LogP contribution < -0.4 is 5.32 Å². The molecular weight excluding hydrogens is 240 g/mol. The van der Waals surface area contributed by atoms with Crippen molar-refractivity contribution in [3.63, 3.8) is 0 Å². The lowest BCUT2D eigenvalue weighted by Crippen LogP contribution is -2.44. The number of benzene rings is 1. The second kappa shape index (κ2) is 7.26. The lowest BCUT2D eigenvalue weighted by Gasteiger charge is -2.25. The Kier molecular flexibility index (Phi) is 5.36. The number of nitrogens with zero attached hydrogens (tertiary/aromatic N) is 1. The smallest absolute Gasteiger partial charge is 0.240 e. The minimum Gasteiger partial charge on any atom is -0.383 e. The standard InChI is InChI=1S/C15H22N2O2/c1-19-11-10-17(12-13-6-3-2-4-7-13)15(18)14-8-5-9-16-14/h2-4,6-7,14,16H,5,8-12H2,1H3/t14-/m0/s1. The van der Waals surface area contributed by atoms with E-state index in [-0.39, 0.29) is 11.9 Å². The summed E-state index contributed by atoms with van der Waals surface area (Å²) in [4.78, 5) is 14.4. The molecule has 19 heavy (non-hydrogen) atoms. The summed E-state index contributed by atoms with van der Waals surface area (Å²) in [6.45, 7) is 2.81. The van der Waals surface area contributed by atoms with E-state index >= 15 is 0 Å². The van der Waals surface area contributed by atoms with Crippen LogP contribution in [0.15, 0.2) is 30.3 Å². The number of methoxy groups -OCH3 is 1. The number of amides is 1. The van der Waals surface area contributed by atoms with Crippen LogP contribution in [0.5, 0.6) is 0 Å². The minimum absolute atomic E-state index is 0.0134. The molecule has 1 atom stereocenters. The third-order valence-electron chi connectivity index (χ3n) is 3.45. The molecule has 1 amide bonds. The first-order valence-electron chi connectivity index (χ1n) is 6.86. The van der Waals surface area contributed by atoms with Gasteiger partial charge < -0.3 is 15.0 Å². The highest BCUT2D eigenvalue weighted by Crippen LogP contribution is 2.11. The molecule has 1 aliphatic rings. The average molecular weight is 262 g/mol. The third-order valence-corrected chi connectivity index (χ3v) is 3.45. The zero-order valence-electron chi connectivity index (χ0n) is 11.5. The predicted molar refractivity (Wildman–Crippen MR) is 74.8 cm³/mol. The van der Waals surface area contributed by atoms with Crippen LogP contribution >= 0.6 is 0 Å². The Labute approximate surface area is 114 Å². The number of rotatable bonds is 6. The molecule has 2 rings (SSSR count). The van der Waals surface area contributed by atoms with Gasteiger partial charge in [-0.1, -0.05) is 30.3 Å². The molecule has 4 nitrogen and oxygen atoms in total. The van der Waals surface area contributed by atoms with Gasteiger partial charge in [-0.3, -0.25) is 4.79 Å². The Morgan fingerprint density at radius 2 is 2.21 bits per heavy atom. The maximum absolute atomic E-state index is 12.5. The van der Waals surface area contributed by atoms with Gasteiger partial charge in [0.25, 0.3) is 0 Å². The summed E-state index contributed by atoms with van der Waals surface area (Å²) in [5, 5.41) is 3.27. The zero-order chi connectivity index (χ0) is 13.5. The first-order valence-corrected chi connectivity index (χ1v) is 6.86. The van der Waals surface area contributed by atoms with E-state index < -0.39 is 0 Å². The van der Waals surface area contributed by atoms with Gasteiger partial charge in [0.1, 0.15) is 0 Å². The van der Waals surface area contributed by atoms with E-state index in [1.165, 1.54) is 0 Å². The zero-order valence-corrected chi connectivity index (χ0v) is 11.5. The van der Waals surface area contributed by atoms with E-state index in [1.807, 2.05) is 23.1 Å². The van der Waals surface area contributed by atoms with E-state index in [4.69, 9.17) is 4.74 Å². The molecule has 0 unspecified atom stereocenters. The number of nitrogens with one attached hydrogen (secondary N) is 1. The van der Waals surface area contributed by atoms with Gasteiger partial charge in [-0.25, -0.2) is 0 Å². The molecule has 104 valence electrons. The van der Waals surface area contributed by atoms with Crippen LogP contribution in [0, 0.1) is 0 Å². The van der Waals surface area contributed by atoms with Gasteiger partial charge in [-0.15, -0.1) is 0 Å². The van der Waals surface area contributed by atoms with Crippen LogP contribution in [0.3, 0.4) is 0 Å². The topological polar surface area (TPSA) is 41.6 Å². The van der Waals surface area contributed by atoms with Gasteiger partial charge in [0, 0.05) is 20.2 Å². The molecule has 1 fully saturated rings. The highest BCUT2D eigenvalue weighted by atomic mass is 16.5. The molecular formula is C15H22N2O2. The Morgan fingerprint density at radius 1 is 1.42 bits per heavy atom. The van der Waals surface area contributed by atoms with Crippen LogP contribution in [-0.2, 0) is 16.1 Å². The number of ether oxygens (including phenoxy) is 1. The second-order valence-corrected chi connectivity index (χ2v) is 4.89. The molecule has 0 aliphatic carbocycles. The lowest BCUT2D eigenvalue weighted by atomic mass is 10.1. The molecule has 1 N–H and O–H groups in total. The fourth-order valence-corrected chi connectivity index (χ4v) is 2.39. The molecule has 1 aromatic rings. The third kappa shape index (κ3) is 4.04. The first kappa shape index (κ1) is 14.0. The molecule has 0 saturated carbocycles. The average Bonchev–Trinajstić information content (AvgIpc) is 2.98. The van der Waals surface area contributed by atoms with Gasteiger partial charge in [0.15, 0.2) is 0 Å². The Bertz CT molecular complexity index is 388. The highest BCUT2D eigenvalue weighted by molar-refractivity contribution is 5.82. The Morgan fingerprint density at radius 3 is 2.84 bits per heavy atom. The van der Waals surface area contributed by atoms with E-state index in [2.05, 4.69) is 17.4 Å². The lowest BCUT2D eigenvalue weighted by molar-refractivity contribution is -0.134. The highest BCUT2D eigenvalue weighted by Gasteiger charge is 2.26. The van der Waals surface area contributed by atoms with Gasteiger partial charge in [0.2, 0.25) is 5.91 Å². The number of carbonyl (C=O) groups is 1. The maximum Gasteiger partial charge on any atom is 0.240 e. The van der Waals surface area contributed by atoms with Gasteiger partial charge in [0.05, 0.1) is 12.6 Å². The van der Waals surface area contributed by atoms with Gasteiger partial charge in [-0.05, 0) is 24.9 Å². The number of carbonyl (C=O) groups excluding carboxylic acids is 1. The fourth-order valence-electron chi connectivity index (χ4n) is 2.39. The minimum atomic E-state index is -0.0134. The molecule has 1 heterocycles. The Balaban J connectivity index is 2.00. The quantitative estimate of drug-likeness (QED) is 0.843. The van der Waals surface area contributed by atoms with Crippen molar-refractivity contribution < 1.29 is 9.53 Å². The summed E-state index contributed by atoms with van der Waals surface area (Å²) in [5.74, 6) is 0.193. The molecule has 0 radical (unpaired) electrons. The van der Waals surface area contributed by atoms with Crippen molar-refractivity contribution in [3.8, 4) is 0 Å². The molecule has 1 aromatic carbocycles. The molecule has 0 aromatic heterocycles. The van der Waals surface area contributed by atoms with E-state index in [0.717, 1.165) is 24.9 Å². The van der Waals surface area contributed by atoms with E-state index in [0.29, 0.717) is 19.7 Å². The van der Waals surface area contributed by atoms with Crippen molar-refractivity contribution in [2.24, 2.45) is 0 Å². The molecule has 0 spiro atoms. The summed E-state index contributed by atoms with van der Waals surface area (Å²) in [7, 11) is 1.67. The number of hydrogen-bond acceptors (Lipinski definition) is 3. The van der Waals surface area contributed by atoms with Crippen LogP contribution in [0.4, 0.5) is 0 Å². The van der Waals surface area contributed by atoms with Crippen molar-refractivity contribution in [1.29, 1.82) is 0 Å². The summed E-state index contributed by atoms with van der Waals surface area (Å²) >= 11 is 0. The monoisotopic (exact) mass is 262 g/mol. The Hall–Kier alpha value is -1.39. The van der Waals surface area contributed by atoms with Crippen molar-refractivity contribution in [2.75, 3.05) is 26.8 Å². The summed E-state index contributed by atoms with van der Waals surface area (Å²) in [5.41, 5.74) is 1.16. The van der Waals surface area contributed by atoms with Gasteiger partial charge in [-0.2, -0.15) is 0 Å². The van der Waals surface area contributed by atoms with Crippen molar-refractivity contribution in [3.05, 3.63) is 35.9 Å². The van der Waals surface area contributed by atoms with Crippen LogP contribution in [0.1, 0.15) is 18.4 Å². The normalized spacial score (nSPS) is 18.5. The summed E-state index contributed by atoms with van der Waals surface area (Å²) < 4.78 is 5.11. The van der Waals surface area contributed by atoms with Crippen LogP contribution in [0.2, 0.25) is 0 Å².